The predicted molar refractivity (Wildman–Crippen MR) is 134 cm³/mol. The number of aromatic amines is 1. The third kappa shape index (κ3) is 3.86. The van der Waals surface area contributed by atoms with Crippen molar-refractivity contribution >= 4 is 39.1 Å². The molecule has 0 radical (unpaired) electrons. The third-order valence-corrected chi connectivity index (χ3v) is 5.95. The van der Waals surface area contributed by atoms with Crippen molar-refractivity contribution in [3.05, 3.63) is 66.5 Å². The summed E-state index contributed by atoms with van der Waals surface area (Å²) in [5.74, 6) is 3.55. The Kier molecular flexibility index (Phi) is 5.14. The van der Waals surface area contributed by atoms with Gasteiger partial charge >= 0.3 is 0 Å². The van der Waals surface area contributed by atoms with Gasteiger partial charge in [0.1, 0.15) is 17.8 Å². The van der Waals surface area contributed by atoms with Crippen molar-refractivity contribution in [3.8, 4) is 23.0 Å². The quantitative estimate of drug-likeness (QED) is 0.298. The number of aromatic nitrogens is 3. The molecule has 0 saturated heterocycles. The normalized spacial score (nSPS) is 12.2. The van der Waals surface area contributed by atoms with Gasteiger partial charge in [0.15, 0.2) is 23.0 Å². The van der Waals surface area contributed by atoms with E-state index in [1.165, 1.54) is 6.33 Å². The zero-order valence-corrected chi connectivity index (χ0v) is 19.2. The molecule has 3 heterocycles. The minimum Gasteiger partial charge on any atom is -0.493 e. The molecule has 176 valence electrons. The fraction of sp³-hybridized carbons (Fsp3) is 0.154. The standard InChI is InChI=1S/C26H23N5O4/c1-32-21-10-18-19(11-22(21)33-2)31-26-24(18)25(28-13-29-26)30-17-5-3-4-16(9-17)27-12-15-6-7-20-23(8-15)35-14-34-20/h3-11,13,27H,12,14H2,1-2H3,(H2,28,29,30,31). The van der Waals surface area contributed by atoms with Crippen molar-refractivity contribution in [2.24, 2.45) is 0 Å². The Morgan fingerprint density at radius 2 is 1.74 bits per heavy atom. The van der Waals surface area contributed by atoms with E-state index < -0.39 is 0 Å². The average molecular weight is 470 g/mol. The zero-order valence-electron chi connectivity index (χ0n) is 19.2. The number of rotatable bonds is 7. The lowest BCUT2D eigenvalue weighted by Crippen LogP contribution is -2.00. The number of hydrogen-bond acceptors (Lipinski definition) is 8. The van der Waals surface area contributed by atoms with Crippen LogP contribution >= 0.6 is 0 Å². The Morgan fingerprint density at radius 1 is 0.914 bits per heavy atom. The lowest BCUT2D eigenvalue weighted by Gasteiger charge is -2.11. The second kappa shape index (κ2) is 8.60. The fourth-order valence-electron chi connectivity index (χ4n) is 4.25. The molecular weight excluding hydrogens is 446 g/mol. The van der Waals surface area contributed by atoms with Crippen LogP contribution in [0.15, 0.2) is 60.9 Å². The Hall–Kier alpha value is -4.66. The van der Waals surface area contributed by atoms with E-state index >= 15 is 0 Å². The van der Waals surface area contributed by atoms with Crippen LogP contribution in [0.2, 0.25) is 0 Å². The number of anilines is 3. The molecule has 0 aliphatic carbocycles. The molecule has 6 rings (SSSR count). The molecule has 5 aromatic rings. The number of nitrogens with one attached hydrogen (secondary N) is 3. The number of methoxy groups -OCH3 is 2. The molecule has 3 aromatic carbocycles. The van der Waals surface area contributed by atoms with Crippen LogP contribution in [0.4, 0.5) is 17.2 Å². The van der Waals surface area contributed by atoms with Crippen LogP contribution in [-0.4, -0.2) is 36.0 Å². The SMILES string of the molecule is COc1cc2[nH]c3ncnc(Nc4cccc(NCc5ccc6c(c5)OCO6)c4)c3c2cc1OC. The van der Waals surface area contributed by atoms with Gasteiger partial charge in [-0.25, -0.2) is 9.97 Å². The first kappa shape index (κ1) is 20.9. The number of H-pyrrole nitrogens is 1. The first-order valence-corrected chi connectivity index (χ1v) is 11.1. The molecule has 0 fully saturated rings. The van der Waals surface area contributed by atoms with Crippen molar-refractivity contribution in [2.45, 2.75) is 6.54 Å². The molecule has 0 unspecified atom stereocenters. The van der Waals surface area contributed by atoms with Gasteiger partial charge < -0.3 is 34.6 Å². The number of fused-ring (bicyclic) bond motifs is 4. The Bertz CT molecular complexity index is 1550. The van der Waals surface area contributed by atoms with Gasteiger partial charge in [0.2, 0.25) is 6.79 Å². The van der Waals surface area contributed by atoms with E-state index in [0.717, 1.165) is 50.4 Å². The maximum absolute atomic E-state index is 5.50. The molecular formula is C26H23N5O4. The predicted octanol–water partition coefficient (Wildman–Crippen LogP) is 5.21. The van der Waals surface area contributed by atoms with Gasteiger partial charge in [0, 0.05) is 29.4 Å². The lowest BCUT2D eigenvalue weighted by molar-refractivity contribution is 0.174. The molecule has 0 bridgehead atoms. The van der Waals surface area contributed by atoms with Crippen molar-refractivity contribution < 1.29 is 18.9 Å². The van der Waals surface area contributed by atoms with E-state index in [2.05, 4.69) is 25.6 Å². The fourth-order valence-corrected chi connectivity index (χ4v) is 4.25. The van der Waals surface area contributed by atoms with Gasteiger partial charge in [-0.3, -0.25) is 0 Å². The lowest BCUT2D eigenvalue weighted by atomic mass is 10.1. The van der Waals surface area contributed by atoms with E-state index in [1.807, 2.05) is 54.6 Å². The second-order valence-electron chi connectivity index (χ2n) is 8.07. The van der Waals surface area contributed by atoms with Gasteiger partial charge in [-0.15, -0.1) is 0 Å². The minimum atomic E-state index is 0.271. The van der Waals surface area contributed by atoms with Crippen LogP contribution in [0, 0.1) is 0 Å². The highest BCUT2D eigenvalue weighted by molar-refractivity contribution is 6.12. The number of hydrogen-bond donors (Lipinski definition) is 3. The highest BCUT2D eigenvalue weighted by Crippen LogP contribution is 2.38. The average Bonchev–Trinajstić information content (AvgIpc) is 3.51. The zero-order chi connectivity index (χ0) is 23.8. The first-order chi connectivity index (χ1) is 17.2. The highest BCUT2D eigenvalue weighted by atomic mass is 16.7. The summed E-state index contributed by atoms with van der Waals surface area (Å²) in [6, 6.07) is 17.9. The molecule has 2 aromatic heterocycles. The van der Waals surface area contributed by atoms with E-state index in [9.17, 15) is 0 Å². The summed E-state index contributed by atoms with van der Waals surface area (Å²) in [6.45, 7) is 0.926. The molecule has 3 N–H and O–H groups in total. The summed E-state index contributed by atoms with van der Waals surface area (Å²) >= 11 is 0. The molecule has 0 amide bonds. The summed E-state index contributed by atoms with van der Waals surface area (Å²) in [4.78, 5) is 12.3. The Balaban J connectivity index is 1.27. The molecule has 0 spiro atoms. The largest absolute Gasteiger partial charge is 0.493 e. The van der Waals surface area contributed by atoms with E-state index in [0.29, 0.717) is 23.9 Å². The number of ether oxygens (including phenoxy) is 4. The molecule has 0 atom stereocenters. The van der Waals surface area contributed by atoms with Gasteiger partial charge in [0.25, 0.3) is 0 Å². The minimum absolute atomic E-state index is 0.271. The van der Waals surface area contributed by atoms with Crippen molar-refractivity contribution in [3.63, 3.8) is 0 Å². The summed E-state index contributed by atoms with van der Waals surface area (Å²) in [5.41, 5.74) is 4.59. The van der Waals surface area contributed by atoms with Gasteiger partial charge in [-0.1, -0.05) is 12.1 Å². The summed E-state index contributed by atoms with van der Waals surface area (Å²) in [6.07, 6.45) is 1.54. The number of nitrogens with zero attached hydrogens (tertiary/aromatic N) is 2. The van der Waals surface area contributed by atoms with E-state index in [4.69, 9.17) is 18.9 Å². The topological polar surface area (TPSA) is 103 Å². The van der Waals surface area contributed by atoms with Crippen LogP contribution in [0.3, 0.4) is 0 Å². The third-order valence-electron chi connectivity index (χ3n) is 5.95. The van der Waals surface area contributed by atoms with Crippen LogP contribution in [0.25, 0.3) is 21.9 Å². The summed E-state index contributed by atoms with van der Waals surface area (Å²) in [5, 5.41) is 8.73. The van der Waals surface area contributed by atoms with Gasteiger partial charge in [-0.05, 0) is 42.0 Å². The van der Waals surface area contributed by atoms with E-state index in [1.54, 1.807) is 14.2 Å². The van der Waals surface area contributed by atoms with Gasteiger partial charge in [0.05, 0.1) is 25.1 Å². The smallest absolute Gasteiger partial charge is 0.231 e. The van der Waals surface area contributed by atoms with E-state index in [-0.39, 0.29) is 6.79 Å². The number of benzene rings is 3. The maximum atomic E-state index is 5.50. The summed E-state index contributed by atoms with van der Waals surface area (Å²) in [7, 11) is 3.24. The molecule has 0 saturated carbocycles. The Labute approximate surface area is 201 Å². The Morgan fingerprint density at radius 3 is 2.63 bits per heavy atom. The van der Waals surface area contributed by atoms with Crippen LogP contribution in [0.1, 0.15) is 5.56 Å². The van der Waals surface area contributed by atoms with Crippen molar-refractivity contribution in [1.82, 2.24) is 15.0 Å². The molecule has 1 aliphatic rings. The molecule has 9 nitrogen and oxygen atoms in total. The maximum Gasteiger partial charge on any atom is 0.231 e. The highest BCUT2D eigenvalue weighted by Gasteiger charge is 2.16. The molecule has 35 heavy (non-hydrogen) atoms. The van der Waals surface area contributed by atoms with Crippen LogP contribution in [0.5, 0.6) is 23.0 Å². The van der Waals surface area contributed by atoms with Crippen LogP contribution < -0.4 is 29.6 Å². The van der Waals surface area contributed by atoms with Crippen LogP contribution in [-0.2, 0) is 6.54 Å². The molecule has 1 aliphatic heterocycles. The first-order valence-electron chi connectivity index (χ1n) is 11.1. The molecule has 9 heteroatoms. The van der Waals surface area contributed by atoms with Gasteiger partial charge in [-0.2, -0.15) is 0 Å². The monoisotopic (exact) mass is 469 g/mol. The van der Waals surface area contributed by atoms with Crippen molar-refractivity contribution in [1.29, 1.82) is 0 Å². The second-order valence-corrected chi connectivity index (χ2v) is 8.07. The van der Waals surface area contributed by atoms with Crippen molar-refractivity contribution in [2.75, 3.05) is 31.6 Å². The summed E-state index contributed by atoms with van der Waals surface area (Å²) < 4.78 is 21.8.